The van der Waals surface area contributed by atoms with E-state index in [2.05, 4.69) is 0 Å². The van der Waals surface area contributed by atoms with Crippen molar-refractivity contribution in [2.24, 2.45) is 11.7 Å². The molecular weight excluding hydrogens is 210 g/mol. The van der Waals surface area contributed by atoms with Gasteiger partial charge in [0, 0.05) is 12.1 Å². The van der Waals surface area contributed by atoms with Crippen molar-refractivity contribution in [1.29, 1.82) is 0 Å². The van der Waals surface area contributed by atoms with E-state index in [1.807, 2.05) is 0 Å². The van der Waals surface area contributed by atoms with Gasteiger partial charge < -0.3 is 15.2 Å². The summed E-state index contributed by atoms with van der Waals surface area (Å²) in [7, 11) is 0. The van der Waals surface area contributed by atoms with Crippen LogP contribution in [0, 0.1) is 5.92 Å². The van der Waals surface area contributed by atoms with Gasteiger partial charge in [-0.3, -0.25) is 4.79 Å². The molecule has 1 atom stereocenters. The quantitative estimate of drug-likeness (QED) is 0.716. The third-order valence-electron chi connectivity index (χ3n) is 2.45. The molecule has 90 valence electrons. The number of allylic oxidation sites excluding steroid dienone is 1. The lowest BCUT2D eigenvalue weighted by molar-refractivity contribution is -0.147. The maximum Gasteiger partial charge on any atom is 0.335 e. The van der Waals surface area contributed by atoms with E-state index in [1.165, 1.54) is 0 Å². The highest BCUT2D eigenvalue weighted by atomic mass is 16.5. The zero-order valence-corrected chi connectivity index (χ0v) is 9.62. The molecule has 0 aromatic heterocycles. The fourth-order valence-electron chi connectivity index (χ4n) is 1.70. The van der Waals surface area contributed by atoms with Crippen LogP contribution in [0.2, 0.25) is 0 Å². The Morgan fingerprint density at radius 2 is 1.88 bits per heavy atom. The first-order valence-corrected chi connectivity index (χ1v) is 5.41. The summed E-state index contributed by atoms with van der Waals surface area (Å²) in [6, 6.07) is 0. The van der Waals surface area contributed by atoms with Crippen LogP contribution >= 0.6 is 0 Å². The first-order valence-electron chi connectivity index (χ1n) is 5.41. The molecule has 16 heavy (non-hydrogen) atoms. The summed E-state index contributed by atoms with van der Waals surface area (Å²) in [4.78, 5) is 22.9. The van der Waals surface area contributed by atoms with Crippen LogP contribution in [-0.4, -0.2) is 25.2 Å². The SMILES string of the molecule is CCOC(=O)C1=C(N)CC(C(=O)OCC)C1. The van der Waals surface area contributed by atoms with Crippen molar-refractivity contribution < 1.29 is 19.1 Å². The average Bonchev–Trinajstić information content (AvgIpc) is 2.61. The number of nitrogens with two attached hydrogens (primary N) is 1. The zero-order chi connectivity index (χ0) is 12.1. The standard InChI is InChI=1S/C11H17NO4/c1-3-15-10(13)7-5-8(9(12)6-7)11(14)16-4-2/h7H,3-6,12H2,1-2H3. The zero-order valence-electron chi connectivity index (χ0n) is 9.62. The Kier molecular flexibility index (Phi) is 4.34. The Morgan fingerprint density at radius 1 is 1.25 bits per heavy atom. The second kappa shape index (κ2) is 5.53. The Balaban J connectivity index is 2.60. The Bertz CT molecular complexity index is 322. The van der Waals surface area contributed by atoms with Crippen LogP contribution in [0.15, 0.2) is 11.3 Å². The minimum absolute atomic E-state index is 0.301. The van der Waals surface area contributed by atoms with Crippen molar-refractivity contribution in [3.63, 3.8) is 0 Å². The maximum atomic E-state index is 11.5. The van der Waals surface area contributed by atoms with E-state index in [0.29, 0.717) is 37.3 Å². The molecule has 1 unspecified atom stereocenters. The van der Waals surface area contributed by atoms with Gasteiger partial charge in [-0.1, -0.05) is 0 Å². The van der Waals surface area contributed by atoms with Gasteiger partial charge in [0.1, 0.15) is 0 Å². The number of ether oxygens (including phenoxy) is 2. The summed E-state index contributed by atoms with van der Waals surface area (Å²) in [5, 5.41) is 0. The van der Waals surface area contributed by atoms with Gasteiger partial charge in [0.2, 0.25) is 0 Å². The number of esters is 2. The lowest BCUT2D eigenvalue weighted by Gasteiger charge is -2.08. The van der Waals surface area contributed by atoms with Crippen LogP contribution in [0.5, 0.6) is 0 Å². The normalized spacial score (nSPS) is 19.8. The van der Waals surface area contributed by atoms with Crippen molar-refractivity contribution in [3.05, 3.63) is 11.3 Å². The van der Waals surface area contributed by atoms with Crippen LogP contribution in [0.4, 0.5) is 0 Å². The molecule has 2 N–H and O–H groups in total. The maximum absolute atomic E-state index is 11.5. The number of hydrogen-bond acceptors (Lipinski definition) is 5. The van der Waals surface area contributed by atoms with Gasteiger partial charge in [0.15, 0.2) is 0 Å². The summed E-state index contributed by atoms with van der Waals surface area (Å²) in [6.07, 6.45) is 0.705. The van der Waals surface area contributed by atoms with Crippen molar-refractivity contribution in [3.8, 4) is 0 Å². The average molecular weight is 227 g/mol. The molecule has 1 aliphatic carbocycles. The molecule has 0 saturated carbocycles. The lowest BCUT2D eigenvalue weighted by Crippen LogP contribution is -2.16. The third kappa shape index (κ3) is 2.74. The monoisotopic (exact) mass is 227 g/mol. The molecule has 1 rings (SSSR count). The van der Waals surface area contributed by atoms with Crippen molar-refractivity contribution in [2.75, 3.05) is 13.2 Å². The van der Waals surface area contributed by atoms with E-state index in [-0.39, 0.29) is 11.9 Å². The third-order valence-corrected chi connectivity index (χ3v) is 2.45. The van der Waals surface area contributed by atoms with Gasteiger partial charge in [-0.05, 0) is 20.3 Å². The summed E-state index contributed by atoms with van der Waals surface area (Å²) in [5.74, 6) is -1.06. The Labute approximate surface area is 94.6 Å². The smallest absolute Gasteiger partial charge is 0.335 e. The number of hydrogen-bond donors (Lipinski definition) is 1. The molecule has 0 aromatic rings. The molecule has 5 heteroatoms. The first kappa shape index (κ1) is 12.5. The van der Waals surface area contributed by atoms with Gasteiger partial charge in [-0.15, -0.1) is 0 Å². The van der Waals surface area contributed by atoms with Gasteiger partial charge in [-0.25, -0.2) is 4.79 Å². The Morgan fingerprint density at radius 3 is 2.44 bits per heavy atom. The molecule has 5 nitrogen and oxygen atoms in total. The highest BCUT2D eigenvalue weighted by molar-refractivity contribution is 5.91. The van der Waals surface area contributed by atoms with Crippen LogP contribution < -0.4 is 5.73 Å². The summed E-state index contributed by atoms with van der Waals surface area (Å²) in [6.45, 7) is 4.12. The molecule has 0 aliphatic heterocycles. The molecule has 0 amide bonds. The molecule has 1 aliphatic rings. The van der Waals surface area contributed by atoms with E-state index in [0.717, 1.165) is 0 Å². The first-order chi connectivity index (χ1) is 7.60. The van der Waals surface area contributed by atoms with Crippen molar-refractivity contribution in [2.45, 2.75) is 26.7 Å². The van der Waals surface area contributed by atoms with Gasteiger partial charge in [0.25, 0.3) is 0 Å². The topological polar surface area (TPSA) is 78.6 Å². The largest absolute Gasteiger partial charge is 0.466 e. The summed E-state index contributed by atoms with van der Waals surface area (Å²) < 4.78 is 9.74. The molecule has 0 aromatic carbocycles. The van der Waals surface area contributed by atoms with Gasteiger partial charge >= 0.3 is 11.9 Å². The van der Waals surface area contributed by atoms with E-state index in [1.54, 1.807) is 13.8 Å². The van der Waals surface area contributed by atoms with E-state index in [4.69, 9.17) is 15.2 Å². The highest BCUT2D eigenvalue weighted by Gasteiger charge is 2.33. The molecule has 0 spiro atoms. The van der Waals surface area contributed by atoms with Crippen LogP contribution in [-0.2, 0) is 19.1 Å². The van der Waals surface area contributed by atoms with Crippen molar-refractivity contribution in [1.82, 2.24) is 0 Å². The van der Waals surface area contributed by atoms with Gasteiger partial charge in [-0.2, -0.15) is 0 Å². The number of rotatable bonds is 4. The predicted octanol–water partition coefficient (Wildman–Crippen LogP) is 0.735. The highest BCUT2D eigenvalue weighted by Crippen LogP contribution is 2.30. The van der Waals surface area contributed by atoms with E-state index >= 15 is 0 Å². The molecule has 0 bridgehead atoms. The number of carbonyl (C=O) groups is 2. The van der Waals surface area contributed by atoms with E-state index < -0.39 is 5.97 Å². The number of carbonyl (C=O) groups excluding carboxylic acids is 2. The van der Waals surface area contributed by atoms with Crippen LogP contribution in [0.3, 0.4) is 0 Å². The van der Waals surface area contributed by atoms with E-state index in [9.17, 15) is 9.59 Å². The Hall–Kier alpha value is -1.52. The van der Waals surface area contributed by atoms with Crippen LogP contribution in [0.1, 0.15) is 26.7 Å². The second-order valence-corrected chi connectivity index (χ2v) is 3.58. The fraction of sp³-hybridized carbons (Fsp3) is 0.636. The van der Waals surface area contributed by atoms with Crippen LogP contribution in [0.25, 0.3) is 0 Å². The summed E-state index contributed by atoms with van der Waals surface area (Å²) >= 11 is 0. The predicted molar refractivity (Wildman–Crippen MR) is 57.2 cm³/mol. The minimum Gasteiger partial charge on any atom is -0.466 e. The summed E-state index contributed by atoms with van der Waals surface area (Å²) in [5.41, 5.74) is 6.56. The molecule has 0 saturated heterocycles. The minimum atomic E-state index is -0.424. The van der Waals surface area contributed by atoms with Gasteiger partial charge in [0.05, 0.1) is 24.7 Å². The molecular formula is C11H17NO4. The molecule has 0 heterocycles. The molecule has 0 radical (unpaired) electrons. The second-order valence-electron chi connectivity index (χ2n) is 3.58. The van der Waals surface area contributed by atoms with Crippen molar-refractivity contribution >= 4 is 11.9 Å². The lowest BCUT2D eigenvalue weighted by atomic mass is 10.1. The molecule has 0 fully saturated rings. The fourth-order valence-corrected chi connectivity index (χ4v) is 1.70.